The third kappa shape index (κ3) is 5.48. The molecule has 0 saturated heterocycles. The van der Waals surface area contributed by atoms with Gasteiger partial charge in [-0.05, 0) is 29.7 Å². The molecule has 1 N–H and O–H groups in total. The van der Waals surface area contributed by atoms with Crippen molar-refractivity contribution in [1.82, 2.24) is 9.88 Å². The molecule has 4 heteroatoms. The van der Waals surface area contributed by atoms with Crippen LogP contribution in [0.4, 0.5) is 10.8 Å². The zero-order chi connectivity index (χ0) is 15.3. The van der Waals surface area contributed by atoms with Crippen molar-refractivity contribution in [2.45, 2.75) is 34.2 Å². The molecule has 0 saturated carbocycles. The van der Waals surface area contributed by atoms with Crippen LogP contribution in [0.5, 0.6) is 0 Å². The van der Waals surface area contributed by atoms with Gasteiger partial charge in [0, 0.05) is 30.4 Å². The molecule has 0 radical (unpaired) electrons. The Bertz CT molecular complexity index is 526. The molecule has 1 aromatic carbocycles. The topological polar surface area (TPSA) is 28.2 Å². The van der Waals surface area contributed by atoms with E-state index in [1.165, 1.54) is 5.56 Å². The minimum Gasteiger partial charge on any atom is -0.332 e. The summed E-state index contributed by atoms with van der Waals surface area (Å²) in [4.78, 5) is 6.72. The minimum atomic E-state index is 0.336. The van der Waals surface area contributed by atoms with Crippen LogP contribution >= 0.6 is 11.3 Å². The summed E-state index contributed by atoms with van der Waals surface area (Å²) in [6, 6.07) is 8.64. The smallest absolute Gasteiger partial charge is 0.187 e. The average molecular weight is 303 g/mol. The van der Waals surface area contributed by atoms with Crippen LogP contribution in [-0.4, -0.2) is 23.0 Å². The largest absolute Gasteiger partial charge is 0.332 e. The number of anilines is 2. The molecule has 114 valence electrons. The minimum absolute atomic E-state index is 0.336. The third-order valence-electron chi connectivity index (χ3n) is 3.19. The van der Waals surface area contributed by atoms with Crippen LogP contribution in [0.3, 0.4) is 0 Å². The monoisotopic (exact) mass is 303 g/mol. The van der Waals surface area contributed by atoms with Crippen LogP contribution in [0.1, 0.15) is 33.3 Å². The van der Waals surface area contributed by atoms with Gasteiger partial charge in [0.2, 0.25) is 0 Å². The van der Waals surface area contributed by atoms with Crippen molar-refractivity contribution >= 4 is 22.2 Å². The highest BCUT2D eigenvalue weighted by Crippen LogP contribution is 2.20. The number of nitrogens with zero attached hydrogens (tertiary/aromatic N) is 2. The van der Waals surface area contributed by atoms with Crippen LogP contribution < -0.4 is 5.32 Å². The van der Waals surface area contributed by atoms with Crippen LogP contribution in [0.2, 0.25) is 0 Å². The maximum atomic E-state index is 4.24. The highest BCUT2D eigenvalue weighted by Gasteiger charge is 2.15. The molecule has 0 aliphatic heterocycles. The fourth-order valence-corrected chi connectivity index (χ4v) is 2.86. The van der Waals surface area contributed by atoms with E-state index in [1.54, 1.807) is 11.3 Å². The van der Waals surface area contributed by atoms with Gasteiger partial charge in [0.1, 0.15) is 0 Å². The predicted octanol–water partition coefficient (Wildman–Crippen LogP) is 4.75. The van der Waals surface area contributed by atoms with Crippen molar-refractivity contribution in [2.24, 2.45) is 5.41 Å². The van der Waals surface area contributed by atoms with E-state index >= 15 is 0 Å². The number of hydrogen-bond donors (Lipinski definition) is 1. The lowest BCUT2D eigenvalue weighted by atomic mass is 9.96. The summed E-state index contributed by atoms with van der Waals surface area (Å²) in [5, 5.41) is 6.22. The van der Waals surface area contributed by atoms with Gasteiger partial charge in [0.15, 0.2) is 5.13 Å². The molecule has 0 aliphatic rings. The molecule has 1 heterocycles. The quantitative estimate of drug-likeness (QED) is 0.834. The van der Waals surface area contributed by atoms with E-state index in [1.807, 2.05) is 11.6 Å². The van der Waals surface area contributed by atoms with Crippen LogP contribution in [-0.2, 0) is 6.54 Å². The zero-order valence-electron chi connectivity index (χ0n) is 13.4. The van der Waals surface area contributed by atoms with Gasteiger partial charge in [0.25, 0.3) is 0 Å². The van der Waals surface area contributed by atoms with E-state index in [2.05, 4.69) is 67.2 Å². The lowest BCUT2D eigenvalue weighted by Gasteiger charge is -2.29. The van der Waals surface area contributed by atoms with Gasteiger partial charge in [0.05, 0.1) is 0 Å². The Labute approximate surface area is 132 Å². The van der Waals surface area contributed by atoms with E-state index < -0.39 is 0 Å². The molecule has 2 rings (SSSR count). The fourth-order valence-electron chi connectivity index (χ4n) is 2.31. The number of nitrogens with one attached hydrogen (secondary N) is 1. The van der Waals surface area contributed by atoms with Gasteiger partial charge in [-0.15, -0.1) is 11.3 Å². The summed E-state index contributed by atoms with van der Waals surface area (Å²) in [6.07, 6.45) is 1.81. The Hall–Kier alpha value is -1.39. The lowest BCUT2D eigenvalue weighted by molar-refractivity contribution is 0.192. The van der Waals surface area contributed by atoms with Crippen LogP contribution in [0, 0.1) is 5.41 Å². The van der Waals surface area contributed by atoms with Gasteiger partial charge in [-0.2, -0.15) is 0 Å². The second kappa shape index (κ2) is 7.05. The molecule has 0 bridgehead atoms. The van der Waals surface area contributed by atoms with Crippen molar-refractivity contribution in [1.29, 1.82) is 0 Å². The first-order valence-electron chi connectivity index (χ1n) is 7.44. The predicted molar refractivity (Wildman–Crippen MR) is 92.2 cm³/mol. The first-order valence-corrected chi connectivity index (χ1v) is 8.32. The molecule has 1 aromatic heterocycles. The molecule has 3 nitrogen and oxygen atoms in total. The number of hydrogen-bond acceptors (Lipinski definition) is 4. The molecular weight excluding hydrogens is 278 g/mol. The summed E-state index contributed by atoms with van der Waals surface area (Å²) < 4.78 is 0. The van der Waals surface area contributed by atoms with Crippen LogP contribution in [0.15, 0.2) is 35.8 Å². The summed E-state index contributed by atoms with van der Waals surface area (Å²) >= 11 is 1.61. The Kier molecular flexibility index (Phi) is 5.37. The summed E-state index contributed by atoms with van der Waals surface area (Å²) in [5.41, 5.74) is 2.78. The lowest BCUT2D eigenvalue weighted by Crippen LogP contribution is -2.32. The number of rotatable bonds is 6. The summed E-state index contributed by atoms with van der Waals surface area (Å²) in [5.74, 6) is 0. The molecule has 0 unspecified atom stereocenters. The maximum Gasteiger partial charge on any atom is 0.187 e. The Morgan fingerprint density at radius 3 is 2.43 bits per heavy atom. The Morgan fingerprint density at radius 1 is 1.19 bits per heavy atom. The first kappa shape index (κ1) is 16.0. The number of aromatic nitrogens is 1. The fraction of sp³-hybridized carbons (Fsp3) is 0.471. The number of benzene rings is 1. The normalized spacial score (nSPS) is 11.9. The Morgan fingerprint density at radius 2 is 1.90 bits per heavy atom. The summed E-state index contributed by atoms with van der Waals surface area (Å²) in [7, 11) is 0. The SMILES string of the molecule is CCN(Cc1ccc(Nc2nccs2)cc1)CC(C)(C)C. The van der Waals surface area contributed by atoms with Crippen LogP contribution in [0.25, 0.3) is 0 Å². The highest BCUT2D eigenvalue weighted by molar-refractivity contribution is 7.13. The molecule has 0 amide bonds. The van der Waals surface area contributed by atoms with Gasteiger partial charge < -0.3 is 5.32 Å². The molecule has 0 atom stereocenters. The molecular formula is C17H25N3S. The molecule has 2 aromatic rings. The summed E-state index contributed by atoms with van der Waals surface area (Å²) in [6.45, 7) is 12.3. The van der Waals surface area contributed by atoms with Crippen molar-refractivity contribution in [2.75, 3.05) is 18.4 Å². The molecule has 0 spiro atoms. The van der Waals surface area contributed by atoms with Crippen molar-refractivity contribution in [3.05, 3.63) is 41.4 Å². The van der Waals surface area contributed by atoms with E-state index in [9.17, 15) is 0 Å². The van der Waals surface area contributed by atoms with Crippen molar-refractivity contribution in [3.8, 4) is 0 Å². The standard InChI is InChI=1S/C17H25N3S/c1-5-20(13-17(2,3)4)12-14-6-8-15(9-7-14)19-16-18-10-11-21-16/h6-11H,5,12-13H2,1-4H3,(H,18,19). The highest BCUT2D eigenvalue weighted by atomic mass is 32.1. The second-order valence-electron chi connectivity index (χ2n) is 6.52. The van der Waals surface area contributed by atoms with Gasteiger partial charge in [-0.1, -0.05) is 39.8 Å². The zero-order valence-corrected chi connectivity index (χ0v) is 14.2. The second-order valence-corrected chi connectivity index (χ2v) is 7.42. The molecule has 0 aliphatic carbocycles. The van der Waals surface area contributed by atoms with E-state index in [4.69, 9.17) is 0 Å². The molecule has 0 fully saturated rings. The maximum absolute atomic E-state index is 4.24. The van der Waals surface area contributed by atoms with Gasteiger partial charge >= 0.3 is 0 Å². The van der Waals surface area contributed by atoms with Crippen molar-refractivity contribution < 1.29 is 0 Å². The van der Waals surface area contributed by atoms with Crippen molar-refractivity contribution in [3.63, 3.8) is 0 Å². The number of thiazole rings is 1. The third-order valence-corrected chi connectivity index (χ3v) is 3.88. The van der Waals surface area contributed by atoms with Gasteiger partial charge in [-0.3, -0.25) is 4.90 Å². The Balaban J connectivity index is 1.95. The van der Waals surface area contributed by atoms with E-state index in [0.717, 1.165) is 30.5 Å². The van der Waals surface area contributed by atoms with E-state index in [-0.39, 0.29) is 0 Å². The molecule has 21 heavy (non-hydrogen) atoms. The van der Waals surface area contributed by atoms with Gasteiger partial charge in [-0.25, -0.2) is 4.98 Å². The first-order chi connectivity index (χ1) is 9.96. The average Bonchev–Trinajstić information content (AvgIpc) is 2.91. The van der Waals surface area contributed by atoms with E-state index in [0.29, 0.717) is 5.41 Å².